The summed E-state index contributed by atoms with van der Waals surface area (Å²) in [5.74, 6) is 5.24. The Hall–Kier alpha value is -3.66. The predicted octanol–water partition coefficient (Wildman–Crippen LogP) is 6.14. The quantitative estimate of drug-likeness (QED) is 0.241. The molecule has 1 atom stereocenters. The van der Waals surface area contributed by atoms with Crippen LogP contribution in [0, 0.1) is 18.8 Å². The van der Waals surface area contributed by atoms with Crippen LogP contribution < -0.4 is 10.6 Å². The Morgan fingerprint density at radius 2 is 1.93 bits per heavy atom. The van der Waals surface area contributed by atoms with Gasteiger partial charge in [0.2, 0.25) is 13.9 Å². The number of pyridine rings is 1. The van der Waals surface area contributed by atoms with Crippen molar-refractivity contribution in [2.24, 2.45) is 0 Å². The number of thioether (sulfide) groups is 1. The van der Waals surface area contributed by atoms with Gasteiger partial charge in [-0.05, 0) is 94.3 Å². The third-order valence-corrected chi connectivity index (χ3v) is 11.6. The second-order valence-electron chi connectivity index (χ2n) is 10.2. The highest BCUT2D eigenvalue weighted by molar-refractivity contribution is 8.25. The third kappa shape index (κ3) is 6.98. The molecule has 214 valence electrons. The molecular formula is C29H29N3O6S3. The van der Waals surface area contributed by atoms with Gasteiger partial charge < -0.3 is 4.74 Å². The number of aryl methyl sites for hydroxylation is 1. The van der Waals surface area contributed by atoms with Gasteiger partial charge in [0.25, 0.3) is 11.1 Å². The van der Waals surface area contributed by atoms with Crippen LogP contribution in [0.25, 0.3) is 10.6 Å². The van der Waals surface area contributed by atoms with Gasteiger partial charge in [0.15, 0.2) is 0 Å². The number of imide groups is 1. The Labute approximate surface area is 247 Å². The van der Waals surface area contributed by atoms with E-state index in [0.29, 0.717) is 33.6 Å². The Morgan fingerprint density at radius 1 is 1.15 bits per heavy atom. The van der Waals surface area contributed by atoms with Crippen molar-refractivity contribution >= 4 is 55.9 Å². The van der Waals surface area contributed by atoms with E-state index < -0.39 is 36.8 Å². The average molecular weight is 612 g/mol. The second kappa shape index (κ2) is 12.1. The average Bonchev–Trinajstić information content (AvgIpc) is 3.50. The normalized spacial score (nSPS) is 17.0. The van der Waals surface area contributed by atoms with Gasteiger partial charge in [-0.2, -0.15) is 0 Å². The molecule has 1 saturated heterocycles. The van der Waals surface area contributed by atoms with E-state index in [-0.39, 0.29) is 23.5 Å². The lowest BCUT2D eigenvalue weighted by Crippen LogP contribution is -2.43. The number of hydrogen-bond donors (Lipinski definition) is 2. The zero-order valence-electron chi connectivity index (χ0n) is 22.9. The Bertz CT molecular complexity index is 1650. The van der Waals surface area contributed by atoms with Gasteiger partial charge in [-0.15, -0.1) is 11.3 Å². The van der Waals surface area contributed by atoms with E-state index in [0.717, 1.165) is 16.9 Å². The maximum atomic E-state index is 13.8. The smallest absolute Gasteiger partial charge is 0.412 e. The molecule has 3 heterocycles. The number of carbonyl (C=O) groups is 3. The number of anilines is 1. The van der Waals surface area contributed by atoms with Crippen molar-refractivity contribution in [1.29, 1.82) is 0 Å². The highest BCUT2D eigenvalue weighted by Gasteiger charge is 2.58. The Kier molecular flexibility index (Phi) is 8.91. The van der Waals surface area contributed by atoms with Gasteiger partial charge in [-0.3, -0.25) is 25.2 Å². The van der Waals surface area contributed by atoms with Crippen LogP contribution in [0.2, 0.25) is 0 Å². The van der Waals surface area contributed by atoms with Gasteiger partial charge in [0.05, 0.1) is 10.6 Å². The Balaban J connectivity index is 1.48. The molecule has 1 aliphatic heterocycles. The molecule has 0 saturated carbocycles. The van der Waals surface area contributed by atoms with Gasteiger partial charge >= 0.3 is 6.09 Å². The molecular weight excluding hydrogens is 583 g/mol. The predicted molar refractivity (Wildman–Crippen MR) is 160 cm³/mol. The fraction of sp³-hybridized carbons (Fsp3) is 0.310. The monoisotopic (exact) mass is 611 g/mol. The summed E-state index contributed by atoms with van der Waals surface area (Å²) in [6.07, 6.45) is 1.48. The van der Waals surface area contributed by atoms with Gasteiger partial charge in [-0.25, -0.2) is 13.2 Å². The largest absolute Gasteiger partial charge is 0.444 e. The van der Waals surface area contributed by atoms with Crippen LogP contribution >= 0.6 is 23.1 Å². The minimum Gasteiger partial charge on any atom is -0.444 e. The number of sulfone groups is 1. The van der Waals surface area contributed by atoms with Crippen LogP contribution in [-0.4, -0.2) is 40.3 Å². The van der Waals surface area contributed by atoms with Gasteiger partial charge in [-0.1, -0.05) is 24.0 Å². The summed E-state index contributed by atoms with van der Waals surface area (Å²) in [5.41, 5.74) is 2.08. The first kappa shape index (κ1) is 30.3. The summed E-state index contributed by atoms with van der Waals surface area (Å²) >= 11 is 1.51. The molecule has 41 heavy (non-hydrogen) atoms. The summed E-state index contributed by atoms with van der Waals surface area (Å²) in [5, 5.41) is 4.14. The number of nitrogens with zero attached hydrogens (tertiary/aromatic N) is 1. The van der Waals surface area contributed by atoms with Gasteiger partial charge in [0, 0.05) is 23.9 Å². The molecule has 1 aromatic carbocycles. The number of unbranched alkanes of at least 4 members (excludes halogenated alkanes) is 1. The van der Waals surface area contributed by atoms with Crippen molar-refractivity contribution in [3.63, 3.8) is 0 Å². The zero-order valence-corrected chi connectivity index (χ0v) is 25.4. The summed E-state index contributed by atoms with van der Waals surface area (Å²) in [6, 6.07) is 13.7. The number of thiophene rings is 1. The molecule has 4 rings (SSSR count). The molecule has 0 spiro atoms. The molecule has 0 radical (unpaired) electrons. The first-order chi connectivity index (χ1) is 19.3. The highest BCUT2D eigenvalue weighted by atomic mass is 32.3. The third-order valence-electron chi connectivity index (χ3n) is 5.93. The summed E-state index contributed by atoms with van der Waals surface area (Å²) < 4.78 is 30.8. The molecule has 1 aliphatic rings. The number of carbonyl (C=O) groups excluding carboxylic acids is 3. The van der Waals surface area contributed by atoms with Crippen molar-refractivity contribution in [1.82, 2.24) is 10.3 Å². The van der Waals surface area contributed by atoms with Crippen molar-refractivity contribution in [3.8, 4) is 22.4 Å². The number of nitrogens with one attached hydrogen (secondary N) is 2. The summed E-state index contributed by atoms with van der Waals surface area (Å²) in [7, 11) is -4.23. The molecule has 3 amide bonds. The minimum absolute atomic E-state index is 0.00786. The molecule has 0 bridgehead atoms. The van der Waals surface area contributed by atoms with Crippen molar-refractivity contribution in [3.05, 3.63) is 65.9 Å². The highest BCUT2D eigenvalue weighted by Crippen LogP contribution is 2.46. The van der Waals surface area contributed by atoms with E-state index in [1.165, 1.54) is 6.07 Å². The summed E-state index contributed by atoms with van der Waals surface area (Å²) in [4.78, 5) is 42.1. The molecule has 0 aliphatic carbocycles. The molecule has 1 fully saturated rings. The Morgan fingerprint density at radius 3 is 2.59 bits per heavy atom. The summed E-state index contributed by atoms with van der Waals surface area (Å²) in [6.45, 7) is 7.21. The maximum Gasteiger partial charge on any atom is 0.412 e. The molecule has 3 aromatic rings. The van der Waals surface area contributed by atoms with E-state index in [2.05, 4.69) is 27.5 Å². The molecule has 9 nitrogen and oxygen atoms in total. The number of benzene rings is 1. The first-order valence-electron chi connectivity index (χ1n) is 12.7. The second-order valence-corrected chi connectivity index (χ2v) is 15.3. The molecule has 2 N–H and O–H groups in total. The van der Waals surface area contributed by atoms with Crippen molar-refractivity contribution in [2.45, 2.75) is 60.8 Å². The van der Waals surface area contributed by atoms with E-state index in [1.807, 2.05) is 13.0 Å². The lowest BCUT2D eigenvalue weighted by atomic mass is 10.1. The van der Waals surface area contributed by atoms with Crippen LogP contribution in [0.5, 0.6) is 0 Å². The number of aromatic nitrogens is 1. The van der Waals surface area contributed by atoms with E-state index in [1.54, 1.807) is 63.4 Å². The maximum absolute atomic E-state index is 13.8. The fourth-order valence-corrected chi connectivity index (χ4v) is 9.04. The van der Waals surface area contributed by atoms with E-state index >= 15 is 0 Å². The number of amides is 3. The van der Waals surface area contributed by atoms with Crippen LogP contribution in [0.4, 0.5) is 15.3 Å². The molecule has 2 aromatic heterocycles. The first-order valence-corrected chi connectivity index (χ1v) is 15.8. The number of rotatable bonds is 7. The standard InChI is InChI=1S/C29H29N3O6S3/c1-19-12-13-21(31-26(34)38-28(2,3)4)18-20(19)10-6-5-8-16-29(25(33)32-27(35)40-29)41(36,37)24-15-14-23(39-24)22-11-7-9-17-30-22/h7,9,11-15,17-18H,5,8,16H2,1-4H3,(H,31,34)(H,32,33,35). The van der Waals surface area contributed by atoms with Crippen LogP contribution in [0.15, 0.2) is 58.9 Å². The zero-order chi connectivity index (χ0) is 29.8. The van der Waals surface area contributed by atoms with Crippen LogP contribution in [0.1, 0.15) is 51.2 Å². The van der Waals surface area contributed by atoms with E-state index in [9.17, 15) is 22.8 Å². The van der Waals surface area contributed by atoms with Crippen molar-refractivity contribution in [2.75, 3.05) is 5.32 Å². The SMILES string of the molecule is Cc1ccc(NC(=O)OC(C)(C)C)cc1C#CCCCC1(S(=O)(=O)c2ccc(-c3ccccn3)s2)SC(=O)NC1=O. The lowest BCUT2D eigenvalue weighted by molar-refractivity contribution is -0.120. The fourth-order valence-electron chi connectivity index (χ4n) is 3.98. The van der Waals surface area contributed by atoms with Crippen LogP contribution in [-0.2, 0) is 19.4 Å². The topological polar surface area (TPSA) is 132 Å². The minimum atomic E-state index is -4.23. The number of hydrogen-bond acceptors (Lipinski definition) is 9. The molecule has 12 heteroatoms. The van der Waals surface area contributed by atoms with Crippen molar-refractivity contribution < 1.29 is 27.5 Å². The number of ether oxygens (including phenoxy) is 1. The molecule has 1 unspecified atom stereocenters. The van der Waals surface area contributed by atoms with E-state index in [4.69, 9.17) is 4.74 Å². The van der Waals surface area contributed by atoms with Crippen LogP contribution in [0.3, 0.4) is 0 Å². The lowest BCUT2D eigenvalue weighted by Gasteiger charge is -2.23. The van der Waals surface area contributed by atoms with Gasteiger partial charge in [0.1, 0.15) is 9.81 Å².